The fraction of sp³-hybridized carbons (Fsp3) is 0.929. The van der Waals surface area contributed by atoms with Gasteiger partial charge < -0.3 is 10.1 Å². The maximum Gasteiger partial charge on any atom is 0.323 e. The van der Waals surface area contributed by atoms with Crippen LogP contribution in [0.25, 0.3) is 0 Å². The highest BCUT2D eigenvalue weighted by Gasteiger charge is 2.28. The molecular formula is C14H27NO2. The van der Waals surface area contributed by atoms with Gasteiger partial charge in [0.2, 0.25) is 0 Å². The molecule has 1 fully saturated rings. The minimum Gasteiger partial charge on any atom is -0.459 e. The number of hydrogen-bond acceptors (Lipinski definition) is 3. The number of carbonyl (C=O) groups is 1. The lowest BCUT2D eigenvalue weighted by Gasteiger charge is -2.25. The van der Waals surface area contributed by atoms with Crippen LogP contribution in [0.2, 0.25) is 0 Å². The molecule has 2 unspecified atom stereocenters. The lowest BCUT2D eigenvalue weighted by molar-refractivity contribution is -0.157. The first kappa shape index (κ1) is 14.5. The quantitative estimate of drug-likeness (QED) is 0.727. The third-order valence-electron chi connectivity index (χ3n) is 3.05. The molecule has 0 aromatic heterocycles. The predicted molar refractivity (Wildman–Crippen MR) is 69.9 cm³/mol. The fourth-order valence-electron chi connectivity index (χ4n) is 1.92. The van der Waals surface area contributed by atoms with Gasteiger partial charge in [0, 0.05) is 6.04 Å². The number of nitrogens with one attached hydrogen (secondary N) is 1. The van der Waals surface area contributed by atoms with Crippen molar-refractivity contribution in [2.24, 2.45) is 5.92 Å². The van der Waals surface area contributed by atoms with Crippen molar-refractivity contribution >= 4 is 5.97 Å². The minimum absolute atomic E-state index is 0.147. The Morgan fingerprint density at radius 3 is 2.41 bits per heavy atom. The van der Waals surface area contributed by atoms with Gasteiger partial charge in [-0.1, -0.05) is 19.8 Å². The minimum atomic E-state index is -0.398. The van der Waals surface area contributed by atoms with Gasteiger partial charge in [0.1, 0.15) is 11.6 Å². The average Bonchev–Trinajstić information content (AvgIpc) is 2.97. The Bertz CT molecular complexity index is 253. The lowest BCUT2D eigenvalue weighted by Crippen LogP contribution is -2.44. The molecule has 1 aliphatic rings. The van der Waals surface area contributed by atoms with Crippen LogP contribution in [0.4, 0.5) is 0 Å². The van der Waals surface area contributed by atoms with Gasteiger partial charge >= 0.3 is 5.97 Å². The van der Waals surface area contributed by atoms with Crippen molar-refractivity contribution in [1.82, 2.24) is 5.32 Å². The molecule has 3 nitrogen and oxygen atoms in total. The van der Waals surface area contributed by atoms with Crippen molar-refractivity contribution in [3.8, 4) is 0 Å². The molecule has 1 N–H and O–H groups in total. The summed E-state index contributed by atoms with van der Waals surface area (Å²) >= 11 is 0. The summed E-state index contributed by atoms with van der Waals surface area (Å²) in [7, 11) is 0. The molecule has 0 aromatic rings. The zero-order valence-corrected chi connectivity index (χ0v) is 11.9. The summed E-state index contributed by atoms with van der Waals surface area (Å²) in [6, 6.07) is 0.239. The van der Waals surface area contributed by atoms with Crippen molar-refractivity contribution in [3.63, 3.8) is 0 Å². The monoisotopic (exact) mass is 241 g/mol. The topological polar surface area (TPSA) is 38.3 Å². The summed E-state index contributed by atoms with van der Waals surface area (Å²) in [5, 5.41) is 3.39. The molecule has 0 spiro atoms. The summed E-state index contributed by atoms with van der Waals surface area (Å²) in [5.41, 5.74) is -0.398. The second-order valence-electron chi connectivity index (χ2n) is 6.21. The van der Waals surface area contributed by atoms with Gasteiger partial charge in [0.25, 0.3) is 0 Å². The van der Waals surface area contributed by atoms with Crippen LogP contribution in [0, 0.1) is 5.92 Å². The van der Waals surface area contributed by atoms with E-state index in [1.807, 2.05) is 27.7 Å². The van der Waals surface area contributed by atoms with Gasteiger partial charge in [0.05, 0.1) is 0 Å². The van der Waals surface area contributed by atoms with Crippen LogP contribution in [-0.4, -0.2) is 23.7 Å². The molecular weight excluding hydrogens is 214 g/mol. The molecule has 0 heterocycles. The van der Waals surface area contributed by atoms with E-state index in [0.717, 1.165) is 12.3 Å². The van der Waals surface area contributed by atoms with Gasteiger partial charge in [-0.25, -0.2) is 0 Å². The molecule has 2 atom stereocenters. The summed E-state index contributed by atoms with van der Waals surface area (Å²) in [6.07, 6.45) is 4.99. The van der Waals surface area contributed by atoms with Crippen molar-refractivity contribution < 1.29 is 9.53 Å². The number of hydrogen-bond donors (Lipinski definition) is 1. The van der Waals surface area contributed by atoms with Crippen LogP contribution < -0.4 is 5.32 Å². The lowest BCUT2D eigenvalue weighted by atomic mass is 10.1. The van der Waals surface area contributed by atoms with E-state index in [-0.39, 0.29) is 12.0 Å². The zero-order chi connectivity index (χ0) is 13.1. The number of ether oxygens (including phenoxy) is 1. The maximum atomic E-state index is 11.8. The highest BCUT2D eigenvalue weighted by molar-refractivity contribution is 5.75. The Labute approximate surface area is 105 Å². The summed E-state index contributed by atoms with van der Waals surface area (Å²) in [6.45, 7) is 9.77. The standard InChI is InChI=1S/C14H27NO2/c1-6-12(9-11-7-8-11)15-10(2)13(16)17-14(3,4)5/h10-12,15H,6-9H2,1-5H3. The number of esters is 1. The molecule has 1 aliphatic carbocycles. The molecule has 0 saturated heterocycles. The fourth-order valence-corrected chi connectivity index (χ4v) is 1.92. The Morgan fingerprint density at radius 2 is 2.00 bits per heavy atom. The zero-order valence-electron chi connectivity index (χ0n) is 11.9. The SMILES string of the molecule is CCC(CC1CC1)NC(C)C(=O)OC(C)(C)C. The Hall–Kier alpha value is -0.570. The van der Waals surface area contributed by atoms with Crippen molar-refractivity contribution in [2.45, 2.75) is 78.0 Å². The molecule has 1 saturated carbocycles. The molecule has 1 rings (SSSR count). The van der Waals surface area contributed by atoms with Crippen molar-refractivity contribution in [2.75, 3.05) is 0 Å². The van der Waals surface area contributed by atoms with Crippen LogP contribution in [0.5, 0.6) is 0 Å². The second kappa shape index (κ2) is 5.85. The second-order valence-corrected chi connectivity index (χ2v) is 6.21. The van der Waals surface area contributed by atoms with Gasteiger partial charge in [-0.15, -0.1) is 0 Å². The van der Waals surface area contributed by atoms with Crippen LogP contribution in [0.1, 0.15) is 60.3 Å². The van der Waals surface area contributed by atoms with E-state index in [1.54, 1.807) is 0 Å². The van der Waals surface area contributed by atoms with Crippen LogP contribution >= 0.6 is 0 Å². The van der Waals surface area contributed by atoms with E-state index in [2.05, 4.69) is 12.2 Å². The van der Waals surface area contributed by atoms with Crippen molar-refractivity contribution in [1.29, 1.82) is 0 Å². The summed E-state index contributed by atoms with van der Waals surface area (Å²) < 4.78 is 5.36. The third-order valence-corrected chi connectivity index (χ3v) is 3.05. The smallest absolute Gasteiger partial charge is 0.323 e. The summed E-state index contributed by atoms with van der Waals surface area (Å²) in [5.74, 6) is 0.741. The van der Waals surface area contributed by atoms with E-state index in [4.69, 9.17) is 4.74 Å². The Morgan fingerprint density at radius 1 is 1.41 bits per heavy atom. The molecule has 0 bridgehead atoms. The van der Waals surface area contributed by atoms with E-state index < -0.39 is 5.60 Å². The van der Waals surface area contributed by atoms with Gasteiger partial charge in [-0.2, -0.15) is 0 Å². The normalized spacial score (nSPS) is 19.8. The molecule has 17 heavy (non-hydrogen) atoms. The average molecular weight is 241 g/mol. The number of carbonyl (C=O) groups excluding carboxylic acids is 1. The predicted octanol–water partition coefficient (Wildman–Crippen LogP) is 2.88. The Kier molecular flexibility index (Phi) is 4.99. The number of rotatable bonds is 6. The molecule has 0 aromatic carbocycles. The van der Waals surface area contributed by atoms with Gasteiger partial charge in [-0.3, -0.25) is 4.79 Å². The molecule has 3 heteroatoms. The maximum absolute atomic E-state index is 11.8. The van der Waals surface area contributed by atoms with Gasteiger partial charge in [0.15, 0.2) is 0 Å². The molecule has 0 aliphatic heterocycles. The third kappa shape index (κ3) is 6.06. The Balaban J connectivity index is 2.34. The van der Waals surface area contributed by atoms with E-state index >= 15 is 0 Å². The molecule has 100 valence electrons. The van der Waals surface area contributed by atoms with Crippen LogP contribution in [-0.2, 0) is 9.53 Å². The van der Waals surface area contributed by atoms with Crippen LogP contribution in [0.15, 0.2) is 0 Å². The van der Waals surface area contributed by atoms with E-state index in [0.29, 0.717) is 6.04 Å². The summed E-state index contributed by atoms with van der Waals surface area (Å²) in [4.78, 5) is 11.8. The van der Waals surface area contributed by atoms with E-state index in [1.165, 1.54) is 19.3 Å². The van der Waals surface area contributed by atoms with E-state index in [9.17, 15) is 4.79 Å². The van der Waals surface area contributed by atoms with Gasteiger partial charge in [-0.05, 0) is 46.5 Å². The largest absolute Gasteiger partial charge is 0.459 e. The molecule has 0 radical (unpaired) electrons. The first-order valence-corrected chi connectivity index (χ1v) is 6.80. The molecule has 0 amide bonds. The highest BCUT2D eigenvalue weighted by atomic mass is 16.6. The highest BCUT2D eigenvalue weighted by Crippen LogP contribution is 2.34. The van der Waals surface area contributed by atoms with Crippen molar-refractivity contribution in [3.05, 3.63) is 0 Å². The first-order chi connectivity index (χ1) is 7.81. The van der Waals surface area contributed by atoms with Crippen LogP contribution in [0.3, 0.4) is 0 Å². The first-order valence-electron chi connectivity index (χ1n) is 6.80.